The van der Waals surface area contributed by atoms with E-state index in [0.717, 1.165) is 0 Å². The molecule has 0 aliphatic carbocycles. The maximum Gasteiger partial charge on any atom is 0.310 e. The first-order valence-corrected chi connectivity index (χ1v) is 9.84. The number of hydrogen-bond acceptors (Lipinski definition) is 10. The minimum atomic E-state index is -1.25. The van der Waals surface area contributed by atoms with E-state index >= 15 is 0 Å². The van der Waals surface area contributed by atoms with Crippen molar-refractivity contribution in [1.82, 2.24) is 19.8 Å². The molecule has 0 bridgehead atoms. The Kier molecular flexibility index (Phi) is 6.45. The molecule has 174 valence electrons. The Hall–Kier alpha value is -3.52. The van der Waals surface area contributed by atoms with Crippen molar-refractivity contribution < 1.29 is 39.6 Å². The first-order chi connectivity index (χ1) is 15.1. The van der Waals surface area contributed by atoms with Crippen LogP contribution in [0.3, 0.4) is 0 Å². The zero-order chi connectivity index (χ0) is 23.7. The Morgan fingerprint density at radius 3 is 1.38 bits per heavy atom. The van der Waals surface area contributed by atoms with Gasteiger partial charge in [-0.2, -0.15) is 0 Å². The summed E-state index contributed by atoms with van der Waals surface area (Å²) in [6.07, 6.45) is 0.739. The van der Waals surface area contributed by atoms with Crippen LogP contribution in [0.1, 0.15) is 33.8 Å². The van der Waals surface area contributed by atoms with Gasteiger partial charge in [0.15, 0.2) is 23.0 Å². The summed E-state index contributed by atoms with van der Waals surface area (Å²) < 4.78 is 0. The smallest absolute Gasteiger partial charge is 0.310 e. The number of anilines is 2. The number of carbonyl (C=O) groups excluding carboxylic acids is 2. The standard InChI is InChI=1S/C18H24N6O8/c19-13-11(15(27)23-3-1-9(23)7(5-25)17(29)30)21-14(20)12(22-13)16(28)24-4-2-10(24)8(6-26)18(31)32/h7-10,25-26H,1-6H2,(H2,20,21)(H2,19,22)(H,29,30)(H,31,32)/t7-,8-,9?,10?/m0/s1. The van der Waals surface area contributed by atoms with Gasteiger partial charge in [0.2, 0.25) is 0 Å². The highest BCUT2D eigenvalue weighted by Gasteiger charge is 2.44. The number of hydrogen-bond donors (Lipinski definition) is 6. The Morgan fingerprint density at radius 2 is 1.16 bits per heavy atom. The van der Waals surface area contributed by atoms with Gasteiger partial charge in [0.25, 0.3) is 11.8 Å². The number of rotatable bonds is 8. The fourth-order valence-corrected chi connectivity index (χ4v) is 3.93. The molecule has 2 unspecified atom stereocenters. The molecule has 0 aromatic carbocycles. The maximum atomic E-state index is 12.8. The Morgan fingerprint density at radius 1 is 0.812 bits per heavy atom. The van der Waals surface area contributed by atoms with E-state index in [2.05, 4.69) is 9.97 Å². The molecule has 0 radical (unpaired) electrons. The zero-order valence-corrected chi connectivity index (χ0v) is 16.9. The number of nitrogens with two attached hydrogens (primary N) is 2. The van der Waals surface area contributed by atoms with E-state index < -0.39 is 72.5 Å². The average molecular weight is 452 g/mol. The molecule has 2 aliphatic heterocycles. The van der Waals surface area contributed by atoms with Crippen molar-refractivity contribution in [1.29, 1.82) is 0 Å². The summed E-state index contributed by atoms with van der Waals surface area (Å²) in [6.45, 7) is -0.851. The number of aliphatic carboxylic acids is 2. The van der Waals surface area contributed by atoms with Crippen molar-refractivity contribution >= 4 is 35.4 Å². The van der Waals surface area contributed by atoms with Gasteiger partial charge in [-0.3, -0.25) is 19.2 Å². The van der Waals surface area contributed by atoms with E-state index in [1.165, 1.54) is 9.80 Å². The van der Waals surface area contributed by atoms with Gasteiger partial charge in [-0.05, 0) is 12.8 Å². The molecule has 8 N–H and O–H groups in total. The lowest BCUT2D eigenvalue weighted by molar-refractivity contribution is -0.148. The van der Waals surface area contributed by atoms with Crippen LogP contribution in [0.4, 0.5) is 11.6 Å². The van der Waals surface area contributed by atoms with E-state index in [4.69, 9.17) is 11.5 Å². The topological polar surface area (TPSA) is 234 Å². The number of carboxylic acids is 2. The van der Waals surface area contributed by atoms with E-state index in [0.29, 0.717) is 12.8 Å². The lowest BCUT2D eigenvalue weighted by Crippen LogP contribution is -2.58. The van der Waals surface area contributed by atoms with Crippen LogP contribution in [-0.2, 0) is 9.59 Å². The predicted octanol–water partition coefficient (Wildman–Crippen LogP) is -2.54. The number of nitrogen functional groups attached to an aromatic ring is 2. The molecular weight excluding hydrogens is 428 g/mol. The fourth-order valence-electron chi connectivity index (χ4n) is 3.93. The van der Waals surface area contributed by atoms with Crippen LogP contribution in [0.15, 0.2) is 0 Å². The minimum absolute atomic E-state index is 0.224. The van der Waals surface area contributed by atoms with Crippen molar-refractivity contribution in [2.45, 2.75) is 24.9 Å². The quantitative estimate of drug-likeness (QED) is 0.239. The van der Waals surface area contributed by atoms with E-state index in [9.17, 15) is 39.6 Å². The average Bonchev–Trinajstić information content (AvgIpc) is 2.68. The summed E-state index contributed by atoms with van der Waals surface area (Å²) in [4.78, 5) is 58.4. The lowest BCUT2D eigenvalue weighted by atomic mass is 9.89. The summed E-state index contributed by atoms with van der Waals surface area (Å²) in [6, 6.07) is -1.50. The molecule has 32 heavy (non-hydrogen) atoms. The van der Waals surface area contributed by atoms with E-state index in [1.807, 2.05) is 0 Å². The summed E-state index contributed by atoms with van der Waals surface area (Å²) in [5, 5.41) is 37.0. The van der Waals surface area contributed by atoms with Gasteiger partial charge in [-0.25, -0.2) is 9.97 Å². The first-order valence-electron chi connectivity index (χ1n) is 9.84. The van der Waals surface area contributed by atoms with Crippen molar-refractivity contribution in [3.05, 3.63) is 11.4 Å². The Bertz CT molecular complexity index is 880. The monoisotopic (exact) mass is 452 g/mol. The minimum Gasteiger partial charge on any atom is -0.481 e. The number of aromatic nitrogens is 2. The molecule has 4 atom stereocenters. The number of aliphatic hydroxyl groups is 2. The van der Waals surface area contributed by atoms with E-state index in [-0.39, 0.29) is 24.5 Å². The van der Waals surface area contributed by atoms with Crippen molar-refractivity contribution in [2.24, 2.45) is 11.8 Å². The molecule has 2 saturated heterocycles. The second-order valence-corrected chi connectivity index (χ2v) is 7.66. The second kappa shape index (κ2) is 8.92. The van der Waals surface area contributed by atoms with Crippen LogP contribution >= 0.6 is 0 Å². The largest absolute Gasteiger partial charge is 0.481 e. The third-order valence-corrected chi connectivity index (χ3v) is 5.97. The summed E-state index contributed by atoms with van der Waals surface area (Å²) in [5.41, 5.74) is 11.0. The Labute approximate surface area is 181 Å². The molecule has 14 heteroatoms. The number of carbonyl (C=O) groups is 4. The first kappa shape index (κ1) is 23.1. The Balaban J connectivity index is 1.81. The van der Waals surface area contributed by atoms with Crippen LogP contribution < -0.4 is 11.5 Å². The molecule has 2 amide bonds. The molecule has 3 heterocycles. The third kappa shape index (κ3) is 3.89. The number of aliphatic hydroxyl groups excluding tert-OH is 2. The number of amides is 2. The van der Waals surface area contributed by atoms with Gasteiger partial charge in [0.05, 0.1) is 13.2 Å². The van der Waals surface area contributed by atoms with Gasteiger partial charge < -0.3 is 41.7 Å². The number of likely N-dealkylation sites (tertiary alicyclic amines) is 2. The van der Waals surface area contributed by atoms with Gasteiger partial charge in [-0.1, -0.05) is 0 Å². The lowest BCUT2D eigenvalue weighted by Gasteiger charge is -2.43. The second-order valence-electron chi connectivity index (χ2n) is 7.66. The predicted molar refractivity (Wildman–Crippen MR) is 106 cm³/mol. The zero-order valence-electron chi connectivity index (χ0n) is 16.9. The van der Waals surface area contributed by atoms with Crippen molar-refractivity contribution in [2.75, 3.05) is 37.8 Å². The molecule has 1 aromatic rings. The van der Waals surface area contributed by atoms with Crippen LogP contribution in [0.2, 0.25) is 0 Å². The molecule has 3 rings (SSSR count). The summed E-state index contributed by atoms with van der Waals surface area (Å²) >= 11 is 0. The highest BCUT2D eigenvalue weighted by atomic mass is 16.4. The van der Waals surface area contributed by atoms with Gasteiger partial charge >= 0.3 is 11.9 Å². The van der Waals surface area contributed by atoms with E-state index in [1.54, 1.807) is 0 Å². The highest BCUT2D eigenvalue weighted by molar-refractivity contribution is 6.01. The van der Waals surface area contributed by atoms with Gasteiger partial charge in [-0.15, -0.1) is 0 Å². The third-order valence-electron chi connectivity index (χ3n) is 5.97. The van der Waals surface area contributed by atoms with Gasteiger partial charge in [0, 0.05) is 25.2 Å². The molecular formula is C18H24N6O8. The van der Waals surface area contributed by atoms with Gasteiger partial charge in [0.1, 0.15) is 11.8 Å². The van der Waals surface area contributed by atoms with Crippen LogP contribution in [0, 0.1) is 11.8 Å². The van der Waals surface area contributed by atoms with Crippen molar-refractivity contribution in [3.8, 4) is 0 Å². The number of carboxylic acid groups (broad SMARTS) is 2. The molecule has 0 spiro atoms. The molecule has 2 fully saturated rings. The molecule has 14 nitrogen and oxygen atoms in total. The van der Waals surface area contributed by atoms with Crippen LogP contribution in [0.25, 0.3) is 0 Å². The summed E-state index contributed by atoms with van der Waals surface area (Å²) in [7, 11) is 0. The number of nitrogens with zero attached hydrogens (tertiary/aromatic N) is 4. The molecule has 1 aromatic heterocycles. The molecule has 2 aliphatic rings. The fraction of sp³-hybridized carbons (Fsp3) is 0.556. The maximum absolute atomic E-state index is 12.8. The SMILES string of the molecule is Nc1nc(C(=O)N2CCC2[C@H](CO)C(=O)O)c(N)nc1C(=O)N1CCC1[C@H](CO)C(=O)O. The highest BCUT2D eigenvalue weighted by Crippen LogP contribution is 2.30. The normalized spacial score (nSPS) is 21.8. The molecule has 0 saturated carbocycles. The van der Waals surface area contributed by atoms with Crippen LogP contribution in [-0.4, -0.2) is 102 Å². The van der Waals surface area contributed by atoms with Crippen molar-refractivity contribution in [3.63, 3.8) is 0 Å². The summed E-state index contributed by atoms with van der Waals surface area (Å²) in [5.74, 6) is -7.10. The van der Waals surface area contributed by atoms with Crippen LogP contribution in [0.5, 0.6) is 0 Å².